The lowest BCUT2D eigenvalue weighted by atomic mass is 10.1. The Morgan fingerprint density at radius 1 is 1.19 bits per heavy atom. The highest BCUT2D eigenvalue weighted by Gasteiger charge is 2.23. The molecule has 1 fully saturated rings. The highest BCUT2D eigenvalue weighted by atomic mass is 35.5. The average molecular weight is 477 g/mol. The Labute approximate surface area is 191 Å². The number of nitrogens with one attached hydrogen (secondary N) is 2. The van der Waals surface area contributed by atoms with Crippen molar-refractivity contribution in [3.8, 4) is 0 Å². The second kappa shape index (κ2) is 9.08. The number of nitro benzene ring substituents is 1. The van der Waals surface area contributed by atoms with Crippen molar-refractivity contribution in [2.75, 3.05) is 23.3 Å². The van der Waals surface area contributed by atoms with E-state index in [1.807, 2.05) is 4.90 Å². The summed E-state index contributed by atoms with van der Waals surface area (Å²) in [6.45, 7) is 1.52. The maximum Gasteiger partial charge on any atom is 0.293 e. The first-order chi connectivity index (χ1) is 14.9. The summed E-state index contributed by atoms with van der Waals surface area (Å²) >= 11 is 12.5. The number of halogens is 1. The van der Waals surface area contributed by atoms with E-state index in [-0.39, 0.29) is 16.4 Å². The highest BCUT2D eigenvalue weighted by molar-refractivity contribution is 7.80. The lowest BCUT2D eigenvalue weighted by molar-refractivity contribution is -0.384. The number of aromatic nitrogens is 2. The van der Waals surface area contributed by atoms with Crippen LogP contribution in [-0.2, 0) is 0 Å². The molecule has 0 spiro atoms. The standard InChI is InChI=1S/C19H17ClN6O3S2/c20-12-5-6-13-17(24-31-23-13)16(12)21-19(30)22-18(27)11-4-7-14(15(10-11)26(28)29)25-8-2-1-3-9-25/h4-7,10H,1-3,8-9H2,(H2,21,22,27,30). The van der Waals surface area contributed by atoms with Crippen molar-refractivity contribution in [3.05, 3.63) is 51.0 Å². The third kappa shape index (κ3) is 4.58. The number of fused-ring (bicyclic) bond motifs is 1. The van der Waals surface area contributed by atoms with E-state index < -0.39 is 10.8 Å². The molecule has 1 aliphatic rings. The Bertz CT molecular complexity index is 1180. The molecule has 1 saturated heterocycles. The minimum Gasteiger partial charge on any atom is -0.366 e. The molecule has 1 amide bonds. The molecule has 0 aliphatic carbocycles. The van der Waals surface area contributed by atoms with Crippen molar-refractivity contribution in [1.82, 2.24) is 14.1 Å². The van der Waals surface area contributed by atoms with Gasteiger partial charge in [-0.15, -0.1) is 0 Å². The number of benzene rings is 2. The molecule has 2 heterocycles. The van der Waals surface area contributed by atoms with Gasteiger partial charge in [-0.3, -0.25) is 20.2 Å². The lowest BCUT2D eigenvalue weighted by Crippen LogP contribution is -2.34. The molecule has 2 N–H and O–H groups in total. The first-order valence-electron chi connectivity index (χ1n) is 9.50. The Morgan fingerprint density at radius 2 is 1.97 bits per heavy atom. The predicted molar refractivity (Wildman–Crippen MR) is 125 cm³/mol. The van der Waals surface area contributed by atoms with E-state index in [1.165, 1.54) is 6.07 Å². The number of carbonyl (C=O) groups excluding carboxylic acids is 1. The van der Waals surface area contributed by atoms with E-state index in [0.29, 0.717) is 27.4 Å². The second-order valence-corrected chi connectivity index (χ2v) is 8.31. The van der Waals surface area contributed by atoms with Gasteiger partial charge in [0.15, 0.2) is 5.11 Å². The number of hydrogen-bond acceptors (Lipinski definition) is 8. The molecule has 0 saturated carbocycles. The van der Waals surface area contributed by atoms with Crippen molar-refractivity contribution in [2.45, 2.75) is 19.3 Å². The maximum absolute atomic E-state index is 12.7. The zero-order chi connectivity index (χ0) is 22.0. The van der Waals surface area contributed by atoms with E-state index in [0.717, 1.165) is 44.1 Å². The van der Waals surface area contributed by atoms with Crippen LogP contribution in [0.4, 0.5) is 17.1 Å². The van der Waals surface area contributed by atoms with Crippen LogP contribution in [0.3, 0.4) is 0 Å². The molecule has 160 valence electrons. The van der Waals surface area contributed by atoms with Crippen molar-refractivity contribution in [3.63, 3.8) is 0 Å². The fourth-order valence-corrected chi connectivity index (χ4v) is 4.42. The Hall–Kier alpha value is -2.89. The number of amides is 1. The summed E-state index contributed by atoms with van der Waals surface area (Å²) in [4.78, 5) is 25.8. The van der Waals surface area contributed by atoms with E-state index in [4.69, 9.17) is 23.8 Å². The van der Waals surface area contributed by atoms with E-state index in [9.17, 15) is 14.9 Å². The molecule has 2 aromatic carbocycles. The third-order valence-corrected chi connectivity index (χ3v) is 6.04. The molecule has 9 nitrogen and oxygen atoms in total. The second-order valence-electron chi connectivity index (χ2n) is 6.97. The summed E-state index contributed by atoms with van der Waals surface area (Å²) < 4.78 is 8.33. The quantitative estimate of drug-likeness (QED) is 0.324. The van der Waals surface area contributed by atoms with Crippen molar-refractivity contribution in [1.29, 1.82) is 0 Å². The van der Waals surface area contributed by atoms with Crippen LogP contribution in [0.2, 0.25) is 5.02 Å². The lowest BCUT2D eigenvalue weighted by Gasteiger charge is -2.28. The molecule has 1 aromatic heterocycles. The number of thiocarbonyl (C=S) groups is 1. The predicted octanol–water partition coefficient (Wildman–Crippen LogP) is 4.37. The topological polar surface area (TPSA) is 113 Å². The van der Waals surface area contributed by atoms with Crippen molar-refractivity contribution in [2.24, 2.45) is 0 Å². The van der Waals surface area contributed by atoms with Crippen molar-refractivity contribution >= 4 is 74.7 Å². The summed E-state index contributed by atoms with van der Waals surface area (Å²) in [5.41, 5.74) is 2.18. The number of rotatable bonds is 4. The Balaban J connectivity index is 1.52. The van der Waals surface area contributed by atoms with Gasteiger partial charge in [0.1, 0.15) is 16.7 Å². The largest absolute Gasteiger partial charge is 0.366 e. The number of carbonyl (C=O) groups is 1. The third-order valence-electron chi connectivity index (χ3n) is 4.97. The zero-order valence-electron chi connectivity index (χ0n) is 16.1. The van der Waals surface area contributed by atoms with Gasteiger partial charge in [-0.25, -0.2) is 0 Å². The molecule has 0 atom stereocenters. The molecular formula is C19H17ClN6O3S2. The van der Waals surface area contributed by atoms with Gasteiger partial charge in [0.25, 0.3) is 11.6 Å². The van der Waals surface area contributed by atoms with Crippen molar-refractivity contribution < 1.29 is 9.72 Å². The molecule has 12 heteroatoms. The summed E-state index contributed by atoms with van der Waals surface area (Å²) in [5, 5.41) is 17.4. The van der Waals surface area contributed by atoms with Gasteiger partial charge in [0.05, 0.1) is 27.4 Å². The van der Waals surface area contributed by atoms with Gasteiger partial charge in [-0.1, -0.05) is 11.6 Å². The van der Waals surface area contributed by atoms with Crippen LogP contribution in [0.5, 0.6) is 0 Å². The Morgan fingerprint density at radius 3 is 2.71 bits per heavy atom. The SMILES string of the molecule is O=C(NC(=S)Nc1c(Cl)ccc2nsnc12)c1ccc(N2CCCCC2)c([N+](=O)[O-])c1. The summed E-state index contributed by atoms with van der Waals surface area (Å²) in [6.07, 6.45) is 3.09. The molecule has 0 unspecified atom stereocenters. The fraction of sp³-hybridized carbons (Fsp3) is 0.263. The molecule has 1 aliphatic heterocycles. The number of anilines is 2. The molecule has 0 radical (unpaired) electrons. The van der Waals surface area contributed by atoms with E-state index in [2.05, 4.69) is 19.4 Å². The number of piperidine rings is 1. The van der Waals surface area contributed by atoms with Gasteiger partial charge < -0.3 is 10.2 Å². The Kier molecular flexibility index (Phi) is 6.25. The summed E-state index contributed by atoms with van der Waals surface area (Å²) in [6, 6.07) is 7.85. The molecule has 31 heavy (non-hydrogen) atoms. The highest BCUT2D eigenvalue weighted by Crippen LogP contribution is 2.32. The molecule has 3 aromatic rings. The zero-order valence-corrected chi connectivity index (χ0v) is 18.5. The molecule has 4 rings (SSSR count). The number of hydrogen-bond donors (Lipinski definition) is 2. The summed E-state index contributed by atoms with van der Waals surface area (Å²) in [5.74, 6) is -0.564. The molecular weight excluding hydrogens is 460 g/mol. The van der Waals surface area contributed by atoms with Crippen LogP contribution in [0.25, 0.3) is 11.0 Å². The molecule has 0 bridgehead atoms. The fourth-order valence-electron chi connectivity index (χ4n) is 3.48. The van der Waals surface area contributed by atoms with Gasteiger partial charge in [-0.05, 0) is 55.7 Å². The maximum atomic E-state index is 12.7. The number of nitro groups is 1. The van der Waals surface area contributed by atoms with Gasteiger partial charge >= 0.3 is 0 Å². The van der Waals surface area contributed by atoms with Crippen LogP contribution in [0.15, 0.2) is 30.3 Å². The number of nitrogens with zero attached hydrogens (tertiary/aromatic N) is 4. The first-order valence-corrected chi connectivity index (χ1v) is 11.0. The smallest absolute Gasteiger partial charge is 0.293 e. The van der Waals surface area contributed by atoms with Gasteiger partial charge in [-0.2, -0.15) is 8.75 Å². The minimum atomic E-state index is -0.564. The van der Waals surface area contributed by atoms with Crippen LogP contribution in [0, 0.1) is 10.1 Å². The monoisotopic (exact) mass is 476 g/mol. The van der Waals surface area contributed by atoms with Gasteiger partial charge in [0.2, 0.25) is 0 Å². The average Bonchev–Trinajstić information content (AvgIpc) is 3.25. The van der Waals surface area contributed by atoms with E-state index >= 15 is 0 Å². The van der Waals surface area contributed by atoms with Gasteiger partial charge in [0, 0.05) is 24.7 Å². The normalized spacial score (nSPS) is 13.8. The minimum absolute atomic E-state index is 0.00448. The summed E-state index contributed by atoms with van der Waals surface area (Å²) in [7, 11) is 0. The van der Waals surface area contributed by atoms with Crippen LogP contribution in [0.1, 0.15) is 29.6 Å². The van der Waals surface area contributed by atoms with Crippen LogP contribution < -0.4 is 15.5 Å². The van der Waals surface area contributed by atoms with Crippen LogP contribution >= 0.6 is 35.5 Å². The van der Waals surface area contributed by atoms with Crippen LogP contribution in [-0.4, -0.2) is 37.8 Å². The first kappa shape index (κ1) is 21.3. The van der Waals surface area contributed by atoms with E-state index in [1.54, 1.807) is 24.3 Å².